The predicted octanol–water partition coefficient (Wildman–Crippen LogP) is 4.24. The topological polar surface area (TPSA) is 23.5 Å². The summed E-state index contributed by atoms with van der Waals surface area (Å²) < 4.78 is 0. The third-order valence-corrected chi connectivity index (χ3v) is 4.92. The molecule has 0 spiro atoms. The molecule has 0 unspecified atom stereocenters. The van der Waals surface area contributed by atoms with E-state index >= 15 is 0 Å². The molecular weight excluding hydrogens is 258 g/mol. The molecule has 0 fully saturated rings. The molecule has 2 nitrogen and oxygen atoms in total. The standard InChI is InChI=1S/C19H31NO/c1-6-20-10-9-19(4,5)17-13-16(14(2)3)12-15(18(17)20)8-7-11-21/h12-14,21H,6-11H2,1-5H3. The maximum Gasteiger partial charge on any atom is 0.0436 e. The Morgan fingerprint density at radius 2 is 2.00 bits per heavy atom. The van der Waals surface area contributed by atoms with Crippen LogP contribution in [-0.2, 0) is 11.8 Å². The minimum absolute atomic E-state index is 0.250. The summed E-state index contributed by atoms with van der Waals surface area (Å²) in [6, 6.07) is 4.81. The Hall–Kier alpha value is -1.02. The van der Waals surface area contributed by atoms with Crippen LogP contribution in [-0.4, -0.2) is 24.8 Å². The first-order valence-electron chi connectivity index (χ1n) is 8.43. The minimum atomic E-state index is 0.250. The fraction of sp³-hybridized carbons (Fsp3) is 0.684. The van der Waals surface area contributed by atoms with Gasteiger partial charge < -0.3 is 10.0 Å². The van der Waals surface area contributed by atoms with Crippen LogP contribution in [0.3, 0.4) is 0 Å². The van der Waals surface area contributed by atoms with E-state index in [9.17, 15) is 5.11 Å². The lowest BCUT2D eigenvalue weighted by Crippen LogP contribution is -2.38. The predicted molar refractivity (Wildman–Crippen MR) is 91.5 cm³/mol. The number of aryl methyl sites for hydroxylation is 1. The molecule has 0 amide bonds. The zero-order chi connectivity index (χ0) is 15.6. The van der Waals surface area contributed by atoms with Gasteiger partial charge in [0.1, 0.15) is 0 Å². The molecule has 1 heterocycles. The molecule has 0 radical (unpaired) electrons. The molecule has 0 saturated carbocycles. The largest absolute Gasteiger partial charge is 0.396 e. The van der Waals surface area contributed by atoms with Crippen molar-refractivity contribution in [3.63, 3.8) is 0 Å². The quantitative estimate of drug-likeness (QED) is 0.876. The van der Waals surface area contributed by atoms with Crippen LogP contribution in [0.2, 0.25) is 0 Å². The second-order valence-corrected chi connectivity index (χ2v) is 7.27. The fourth-order valence-electron chi connectivity index (χ4n) is 3.38. The zero-order valence-corrected chi connectivity index (χ0v) is 14.4. The van der Waals surface area contributed by atoms with Gasteiger partial charge in [-0.15, -0.1) is 0 Å². The SMILES string of the molecule is CCN1CCC(C)(C)c2cc(C(C)C)cc(CCCO)c21. The van der Waals surface area contributed by atoms with E-state index in [0.717, 1.165) is 25.9 Å². The summed E-state index contributed by atoms with van der Waals surface area (Å²) in [4.78, 5) is 2.53. The molecule has 118 valence electrons. The van der Waals surface area contributed by atoms with E-state index in [4.69, 9.17) is 0 Å². The number of anilines is 1. The first-order valence-corrected chi connectivity index (χ1v) is 8.43. The van der Waals surface area contributed by atoms with Gasteiger partial charge in [0, 0.05) is 25.4 Å². The van der Waals surface area contributed by atoms with Gasteiger partial charge in [0.15, 0.2) is 0 Å². The van der Waals surface area contributed by atoms with Gasteiger partial charge in [-0.05, 0) is 54.2 Å². The van der Waals surface area contributed by atoms with E-state index in [0.29, 0.717) is 5.92 Å². The second kappa shape index (κ2) is 6.39. The van der Waals surface area contributed by atoms with Crippen LogP contribution in [0.15, 0.2) is 12.1 Å². The fourth-order valence-corrected chi connectivity index (χ4v) is 3.38. The van der Waals surface area contributed by atoms with Crippen molar-refractivity contribution in [1.29, 1.82) is 0 Å². The van der Waals surface area contributed by atoms with E-state index < -0.39 is 0 Å². The van der Waals surface area contributed by atoms with Gasteiger partial charge in [-0.2, -0.15) is 0 Å². The van der Waals surface area contributed by atoms with Crippen molar-refractivity contribution >= 4 is 5.69 Å². The highest BCUT2D eigenvalue weighted by Gasteiger charge is 2.32. The molecule has 0 aliphatic carbocycles. The second-order valence-electron chi connectivity index (χ2n) is 7.27. The van der Waals surface area contributed by atoms with Crippen molar-refractivity contribution < 1.29 is 5.11 Å². The van der Waals surface area contributed by atoms with Crippen LogP contribution in [0.5, 0.6) is 0 Å². The van der Waals surface area contributed by atoms with Crippen LogP contribution in [0.1, 0.15) is 70.1 Å². The Labute approximate surface area is 130 Å². The number of hydrogen-bond acceptors (Lipinski definition) is 2. The molecule has 0 atom stereocenters. The third kappa shape index (κ3) is 3.26. The normalized spacial score (nSPS) is 17.2. The van der Waals surface area contributed by atoms with Crippen molar-refractivity contribution in [3.8, 4) is 0 Å². The molecule has 0 bridgehead atoms. The van der Waals surface area contributed by atoms with E-state index in [2.05, 4.69) is 51.7 Å². The monoisotopic (exact) mass is 289 g/mol. The third-order valence-electron chi connectivity index (χ3n) is 4.92. The highest BCUT2D eigenvalue weighted by atomic mass is 16.2. The van der Waals surface area contributed by atoms with Gasteiger partial charge in [0.05, 0.1) is 0 Å². The lowest BCUT2D eigenvalue weighted by atomic mass is 9.75. The lowest BCUT2D eigenvalue weighted by molar-refractivity contribution is 0.288. The molecule has 1 aromatic rings. The Kier molecular flexibility index (Phi) is 4.98. The van der Waals surface area contributed by atoms with Crippen LogP contribution < -0.4 is 4.90 Å². The van der Waals surface area contributed by atoms with Crippen molar-refractivity contribution in [1.82, 2.24) is 0 Å². The van der Waals surface area contributed by atoms with E-state index in [-0.39, 0.29) is 12.0 Å². The molecule has 1 aliphatic rings. The van der Waals surface area contributed by atoms with Gasteiger partial charge in [0.25, 0.3) is 0 Å². The van der Waals surface area contributed by atoms with Crippen LogP contribution in [0, 0.1) is 0 Å². The highest BCUT2D eigenvalue weighted by molar-refractivity contribution is 5.65. The maximum absolute atomic E-state index is 9.22. The summed E-state index contributed by atoms with van der Waals surface area (Å²) >= 11 is 0. The summed E-state index contributed by atoms with van der Waals surface area (Å²) in [7, 11) is 0. The zero-order valence-electron chi connectivity index (χ0n) is 14.4. The highest BCUT2D eigenvalue weighted by Crippen LogP contribution is 2.43. The van der Waals surface area contributed by atoms with Gasteiger partial charge in [-0.25, -0.2) is 0 Å². The van der Waals surface area contributed by atoms with Gasteiger partial charge in [0.2, 0.25) is 0 Å². The number of nitrogens with zero attached hydrogens (tertiary/aromatic N) is 1. The van der Waals surface area contributed by atoms with E-state index in [1.165, 1.54) is 28.8 Å². The number of fused-ring (bicyclic) bond motifs is 1. The average Bonchev–Trinajstić information content (AvgIpc) is 2.45. The number of aliphatic hydroxyl groups excluding tert-OH is 1. The molecule has 21 heavy (non-hydrogen) atoms. The van der Waals surface area contributed by atoms with Gasteiger partial charge in [-0.3, -0.25) is 0 Å². The molecule has 0 aromatic heterocycles. The minimum Gasteiger partial charge on any atom is -0.396 e. The number of rotatable bonds is 5. The van der Waals surface area contributed by atoms with Crippen molar-refractivity contribution in [3.05, 3.63) is 28.8 Å². The van der Waals surface area contributed by atoms with Crippen molar-refractivity contribution in [2.75, 3.05) is 24.6 Å². The van der Waals surface area contributed by atoms with Crippen molar-refractivity contribution in [2.45, 2.75) is 65.2 Å². The van der Waals surface area contributed by atoms with Crippen LogP contribution in [0.25, 0.3) is 0 Å². The van der Waals surface area contributed by atoms with Crippen molar-refractivity contribution in [2.24, 2.45) is 0 Å². The summed E-state index contributed by atoms with van der Waals surface area (Å²) in [6.07, 6.45) is 3.05. The summed E-state index contributed by atoms with van der Waals surface area (Å²) in [6.45, 7) is 14.0. The average molecular weight is 289 g/mol. The number of hydrogen-bond donors (Lipinski definition) is 1. The molecule has 1 N–H and O–H groups in total. The van der Waals surface area contributed by atoms with E-state index in [1.54, 1.807) is 0 Å². The van der Waals surface area contributed by atoms with E-state index in [1.807, 2.05) is 0 Å². The Bertz CT molecular complexity index is 491. The number of benzene rings is 1. The molecule has 2 heteroatoms. The van der Waals surface area contributed by atoms with Gasteiger partial charge in [-0.1, -0.05) is 39.8 Å². The molecule has 0 saturated heterocycles. The Balaban J connectivity index is 2.59. The Morgan fingerprint density at radius 3 is 2.57 bits per heavy atom. The van der Waals surface area contributed by atoms with Crippen LogP contribution >= 0.6 is 0 Å². The lowest BCUT2D eigenvalue weighted by Gasteiger charge is -2.42. The van der Waals surface area contributed by atoms with Gasteiger partial charge >= 0.3 is 0 Å². The first kappa shape index (κ1) is 16.4. The molecule has 1 aliphatic heterocycles. The molecule has 1 aromatic carbocycles. The maximum atomic E-state index is 9.22. The summed E-state index contributed by atoms with van der Waals surface area (Å²) in [5, 5.41) is 9.22. The smallest absolute Gasteiger partial charge is 0.0436 e. The summed E-state index contributed by atoms with van der Waals surface area (Å²) in [5.41, 5.74) is 6.08. The molecular formula is C19H31NO. The first-order chi connectivity index (χ1) is 9.90. The number of aliphatic hydroxyl groups is 1. The molecule has 2 rings (SSSR count). The van der Waals surface area contributed by atoms with Crippen LogP contribution in [0.4, 0.5) is 5.69 Å². The Morgan fingerprint density at radius 1 is 1.29 bits per heavy atom. The summed E-state index contributed by atoms with van der Waals surface area (Å²) in [5.74, 6) is 0.552.